The van der Waals surface area contributed by atoms with Crippen molar-refractivity contribution in [1.29, 1.82) is 5.26 Å². The summed E-state index contributed by atoms with van der Waals surface area (Å²) in [4.78, 5) is 0. The summed E-state index contributed by atoms with van der Waals surface area (Å²) in [5.74, 6) is 0. The van der Waals surface area contributed by atoms with Crippen LogP contribution in [-0.4, -0.2) is 0 Å². The Morgan fingerprint density at radius 1 is 1.00 bits per heavy atom. The van der Waals surface area contributed by atoms with Crippen molar-refractivity contribution in [2.45, 2.75) is 20.0 Å². The van der Waals surface area contributed by atoms with E-state index in [0.29, 0.717) is 5.69 Å². The molecule has 2 aromatic rings. The Morgan fingerprint density at radius 2 is 1.71 bits per heavy atom. The molecule has 21 heavy (non-hydrogen) atoms. The summed E-state index contributed by atoms with van der Waals surface area (Å²) in [6, 6.07) is 10.5. The normalized spacial score (nSPS) is 11.0. The Labute approximate surface area is 120 Å². The third kappa shape index (κ3) is 3.34. The number of hydrogen-bond acceptors (Lipinski definition) is 2. The lowest BCUT2D eigenvalue weighted by Crippen LogP contribution is -2.06. The summed E-state index contributed by atoms with van der Waals surface area (Å²) in [7, 11) is 0. The molecule has 0 aliphatic heterocycles. The first-order valence-corrected chi connectivity index (χ1v) is 6.27. The van der Waals surface area contributed by atoms with Crippen LogP contribution in [0.15, 0.2) is 36.4 Å². The molecule has 0 aromatic heterocycles. The van der Waals surface area contributed by atoms with E-state index in [0.717, 1.165) is 28.9 Å². The topological polar surface area (TPSA) is 35.8 Å². The third-order valence-corrected chi connectivity index (χ3v) is 3.25. The van der Waals surface area contributed by atoms with Crippen molar-refractivity contribution in [3.63, 3.8) is 0 Å². The first-order valence-electron chi connectivity index (χ1n) is 6.27. The Hall–Kier alpha value is -2.48. The molecular formula is C16H13F3N2. The molecule has 0 unspecified atom stereocenters. The fourth-order valence-electron chi connectivity index (χ4n) is 1.90. The number of aryl methyl sites for hydroxylation is 2. The zero-order chi connectivity index (χ0) is 15.6. The molecular weight excluding hydrogens is 277 g/mol. The minimum atomic E-state index is -4.45. The zero-order valence-corrected chi connectivity index (χ0v) is 11.5. The minimum absolute atomic E-state index is 0.0388. The summed E-state index contributed by atoms with van der Waals surface area (Å²) >= 11 is 0. The van der Waals surface area contributed by atoms with E-state index in [1.807, 2.05) is 32.0 Å². The van der Waals surface area contributed by atoms with Gasteiger partial charge in [0.15, 0.2) is 0 Å². The molecule has 108 valence electrons. The van der Waals surface area contributed by atoms with Crippen LogP contribution in [0.4, 0.5) is 24.5 Å². The lowest BCUT2D eigenvalue weighted by Gasteiger charge is -2.12. The van der Waals surface area contributed by atoms with Crippen molar-refractivity contribution in [2.75, 3.05) is 5.32 Å². The van der Waals surface area contributed by atoms with Gasteiger partial charge < -0.3 is 5.32 Å². The van der Waals surface area contributed by atoms with Crippen molar-refractivity contribution in [2.24, 2.45) is 0 Å². The largest absolute Gasteiger partial charge is 0.416 e. The van der Waals surface area contributed by atoms with E-state index in [-0.39, 0.29) is 5.56 Å². The van der Waals surface area contributed by atoms with Crippen LogP contribution in [0, 0.1) is 25.2 Å². The smallest absolute Gasteiger partial charge is 0.354 e. The van der Waals surface area contributed by atoms with Gasteiger partial charge in [-0.15, -0.1) is 0 Å². The van der Waals surface area contributed by atoms with Gasteiger partial charge in [-0.05, 0) is 55.3 Å². The molecule has 0 fully saturated rings. The second-order valence-corrected chi connectivity index (χ2v) is 4.79. The number of hydrogen-bond donors (Lipinski definition) is 1. The first-order chi connectivity index (χ1) is 9.81. The number of anilines is 2. The van der Waals surface area contributed by atoms with Crippen LogP contribution in [0.2, 0.25) is 0 Å². The van der Waals surface area contributed by atoms with Gasteiger partial charge in [0.25, 0.3) is 0 Å². The monoisotopic (exact) mass is 290 g/mol. The first kappa shape index (κ1) is 14.9. The van der Waals surface area contributed by atoms with E-state index in [4.69, 9.17) is 5.26 Å². The molecule has 0 atom stereocenters. The van der Waals surface area contributed by atoms with Gasteiger partial charge in [-0.25, -0.2) is 0 Å². The van der Waals surface area contributed by atoms with E-state index >= 15 is 0 Å². The highest BCUT2D eigenvalue weighted by Gasteiger charge is 2.31. The number of alkyl halides is 3. The van der Waals surface area contributed by atoms with E-state index < -0.39 is 11.7 Å². The van der Waals surface area contributed by atoms with E-state index in [1.54, 1.807) is 6.07 Å². The fraction of sp³-hybridized carbons (Fsp3) is 0.188. The fourth-order valence-corrected chi connectivity index (χ4v) is 1.90. The SMILES string of the molecule is Cc1ccc(Nc2ccc(C(F)(F)F)cc2C#N)cc1C. The molecule has 0 heterocycles. The predicted molar refractivity (Wildman–Crippen MR) is 75.4 cm³/mol. The second-order valence-electron chi connectivity index (χ2n) is 4.79. The highest BCUT2D eigenvalue weighted by molar-refractivity contribution is 5.67. The summed E-state index contributed by atoms with van der Waals surface area (Å²) in [6.45, 7) is 3.91. The van der Waals surface area contributed by atoms with Crippen molar-refractivity contribution in [3.05, 3.63) is 58.7 Å². The van der Waals surface area contributed by atoms with Crippen LogP contribution >= 0.6 is 0 Å². The maximum absolute atomic E-state index is 12.6. The molecule has 2 rings (SSSR count). The number of benzene rings is 2. The Kier molecular flexibility index (Phi) is 3.90. The maximum Gasteiger partial charge on any atom is 0.416 e. The van der Waals surface area contributed by atoms with Crippen LogP contribution in [0.1, 0.15) is 22.3 Å². The Morgan fingerprint density at radius 3 is 2.29 bits per heavy atom. The molecule has 0 radical (unpaired) electrons. The quantitative estimate of drug-likeness (QED) is 0.850. The Bertz CT molecular complexity index is 712. The lowest BCUT2D eigenvalue weighted by atomic mass is 10.1. The number of rotatable bonds is 2. The number of nitriles is 1. The number of nitrogens with zero attached hydrogens (tertiary/aromatic N) is 1. The van der Waals surface area contributed by atoms with Gasteiger partial charge in [-0.1, -0.05) is 6.07 Å². The van der Waals surface area contributed by atoms with Gasteiger partial charge in [-0.3, -0.25) is 0 Å². The number of halogens is 3. The number of nitrogens with one attached hydrogen (secondary N) is 1. The van der Waals surface area contributed by atoms with Crippen LogP contribution in [0.5, 0.6) is 0 Å². The molecule has 0 aliphatic rings. The summed E-state index contributed by atoms with van der Waals surface area (Å²) in [5.41, 5.74) is 2.40. The molecule has 2 aromatic carbocycles. The van der Waals surface area contributed by atoms with Crippen molar-refractivity contribution >= 4 is 11.4 Å². The van der Waals surface area contributed by atoms with Crippen LogP contribution in [0.25, 0.3) is 0 Å². The van der Waals surface area contributed by atoms with E-state index in [2.05, 4.69) is 5.32 Å². The van der Waals surface area contributed by atoms with Gasteiger partial charge in [0.1, 0.15) is 6.07 Å². The molecule has 0 saturated carbocycles. The molecule has 0 saturated heterocycles. The molecule has 0 aliphatic carbocycles. The van der Waals surface area contributed by atoms with E-state index in [1.165, 1.54) is 6.07 Å². The highest BCUT2D eigenvalue weighted by atomic mass is 19.4. The minimum Gasteiger partial charge on any atom is -0.354 e. The van der Waals surface area contributed by atoms with Gasteiger partial charge >= 0.3 is 6.18 Å². The average Bonchev–Trinajstić information content (AvgIpc) is 2.42. The molecule has 1 N–H and O–H groups in total. The van der Waals surface area contributed by atoms with Crippen molar-refractivity contribution in [1.82, 2.24) is 0 Å². The van der Waals surface area contributed by atoms with Crippen LogP contribution in [-0.2, 0) is 6.18 Å². The van der Waals surface area contributed by atoms with Crippen molar-refractivity contribution in [3.8, 4) is 6.07 Å². The van der Waals surface area contributed by atoms with Gasteiger partial charge in [0.05, 0.1) is 16.8 Å². The average molecular weight is 290 g/mol. The molecule has 0 spiro atoms. The van der Waals surface area contributed by atoms with Gasteiger partial charge in [0.2, 0.25) is 0 Å². The maximum atomic E-state index is 12.6. The van der Waals surface area contributed by atoms with Gasteiger partial charge in [-0.2, -0.15) is 18.4 Å². The second kappa shape index (κ2) is 5.49. The molecule has 5 heteroatoms. The summed E-state index contributed by atoms with van der Waals surface area (Å²) in [5, 5.41) is 12.0. The lowest BCUT2D eigenvalue weighted by molar-refractivity contribution is -0.137. The molecule has 2 nitrogen and oxygen atoms in total. The predicted octanol–water partition coefficient (Wildman–Crippen LogP) is 4.94. The van der Waals surface area contributed by atoms with E-state index in [9.17, 15) is 13.2 Å². The van der Waals surface area contributed by atoms with Crippen LogP contribution < -0.4 is 5.32 Å². The summed E-state index contributed by atoms with van der Waals surface area (Å²) < 4.78 is 37.9. The highest BCUT2D eigenvalue weighted by Crippen LogP contribution is 2.32. The zero-order valence-electron chi connectivity index (χ0n) is 11.5. The Balaban J connectivity index is 2.36. The van der Waals surface area contributed by atoms with Gasteiger partial charge in [0, 0.05) is 5.69 Å². The van der Waals surface area contributed by atoms with Crippen molar-refractivity contribution < 1.29 is 13.2 Å². The molecule has 0 amide bonds. The molecule has 0 bridgehead atoms. The summed E-state index contributed by atoms with van der Waals surface area (Å²) in [6.07, 6.45) is -4.45. The van der Waals surface area contributed by atoms with Crippen LogP contribution in [0.3, 0.4) is 0 Å². The standard InChI is InChI=1S/C16H13F3N2/c1-10-3-5-14(7-11(10)2)21-15-6-4-13(16(17,18)19)8-12(15)9-20/h3-8,21H,1-2H3. The third-order valence-electron chi connectivity index (χ3n) is 3.25.